The van der Waals surface area contributed by atoms with E-state index in [1.807, 2.05) is 0 Å². The highest BCUT2D eigenvalue weighted by atomic mass is 79.9. The molecule has 1 nitrogen and oxygen atoms in total. The van der Waals surface area contributed by atoms with Crippen molar-refractivity contribution in [1.29, 1.82) is 0 Å². The van der Waals surface area contributed by atoms with Crippen LogP contribution in [0.15, 0.2) is 28.7 Å². The molecule has 0 atom stereocenters. The lowest BCUT2D eigenvalue weighted by molar-refractivity contribution is 1.01. The van der Waals surface area contributed by atoms with Gasteiger partial charge in [-0.2, -0.15) is 0 Å². The molecule has 1 aromatic rings. The molecule has 0 bridgehead atoms. The minimum absolute atomic E-state index is 0.130. The molecule has 0 unspecified atom stereocenters. The predicted octanol–water partition coefficient (Wildman–Crippen LogP) is 5.07. The maximum atomic E-state index is 3.65. The van der Waals surface area contributed by atoms with Crippen LogP contribution >= 0.6 is 24.0 Å². The van der Waals surface area contributed by atoms with Crippen molar-refractivity contribution in [2.24, 2.45) is 0 Å². The molecule has 0 aliphatic rings. The lowest BCUT2D eigenvalue weighted by Gasteiger charge is -2.27. The van der Waals surface area contributed by atoms with Crippen LogP contribution in [0.1, 0.15) is 27.7 Å². The molecule has 1 N–H and O–H groups in total. The number of rotatable bonds is 4. The van der Waals surface area contributed by atoms with Crippen LogP contribution in [0.3, 0.4) is 0 Å². The predicted molar refractivity (Wildman–Crippen MR) is 75.0 cm³/mol. The van der Waals surface area contributed by atoms with Gasteiger partial charge < -0.3 is 5.09 Å². The van der Waals surface area contributed by atoms with Crippen molar-refractivity contribution in [3.8, 4) is 0 Å². The number of nitrogens with one attached hydrogen (secondary N) is 1. The number of halogens is 1. The zero-order valence-electron chi connectivity index (χ0n) is 9.79. The summed E-state index contributed by atoms with van der Waals surface area (Å²) >= 11 is 3.45. The van der Waals surface area contributed by atoms with E-state index in [4.69, 9.17) is 0 Å². The van der Waals surface area contributed by atoms with Gasteiger partial charge in [0.1, 0.15) is 0 Å². The van der Waals surface area contributed by atoms with E-state index in [-0.39, 0.29) is 8.07 Å². The molecule has 84 valence electrons. The van der Waals surface area contributed by atoms with Crippen molar-refractivity contribution >= 4 is 29.7 Å². The van der Waals surface area contributed by atoms with Gasteiger partial charge in [0.25, 0.3) is 0 Å². The molecule has 0 aliphatic heterocycles. The van der Waals surface area contributed by atoms with Gasteiger partial charge in [0.2, 0.25) is 0 Å². The zero-order valence-corrected chi connectivity index (χ0v) is 12.3. The minimum atomic E-state index is -0.130. The van der Waals surface area contributed by atoms with Crippen LogP contribution in [0.4, 0.5) is 5.69 Å². The van der Waals surface area contributed by atoms with Crippen LogP contribution in [-0.4, -0.2) is 11.3 Å². The fourth-order valence-electron chi connectivity index (χ4n) is 1.53. The van der Waals surface area contributed by atoms with E-state index in [2.05, 4.69) is 73.0 Å². The van der Waals surface area contributed by atoms with Crippen LogP contribution in [0.2, 0.25) is 0 Å². The molecule has 3 heteroatoms. The Morgan fingerprint density at radius 3 is 1.87 bits per heavy atom. The van der Waals surface area contributed by atoms with E-state index in [1.54, 1.807) is 0 Å². The summed E-state index contributed by atoms with van der Waals surface area (Å²) in [6.45, 7) is 9.16. The van der Waals surface area contributed by atoms with Gasteiger partial charge in [-0.1, -0.05) is 43.6 Å². The van der Waals surface area contributed by atoms with Crippen molar-refractivity contribution in [1.82, 2.24) is 0 Å². The highest BCUT2D eigenvalue weighted by molar-refractivity contribution is 9.10. The largest absolute Gasteiger partial charge is 0.364 e. The molecule has 15 heavy (non-hydrogen) atoms. The van der Waals surface area contributed by atoms with Crippen LogP contribution in [0.5, 0.6) is 0 Å². The Balaban J connectivity index is 2.70. The number of anilines is 1. The topological polar surface area (TPSA) is 12.0 Å². The van der Waals surface area contributed by atoms with Crippen molar-refractivity contribution in [2.75, 3.05) is 5.09 Å². The Bertz CT molecular complexity index is 287. The van der Waals surface area contributed by atoms with E-state index in [9.17, 15) is 0 Å². The number of benzene rings is 1. The fraction of sp³-hybridized carbons (Fsp3) is 0.500. The summed E-state index contributed by atoms with van der Waals surface area (Å²) in [6.07, 6.45) is 0. The van der Waals surface area contributed by atoms with Gasteiger partial charge >= 0.3 is 0 Å². The van der Waals surface area contributed by atoms with Crippen molar-refractivity contribution in [2.45, 2.75) is 39.0 Å². The second-order valence-electron chi connectivity index (χ2n) is 4.21. The molecule has 0 saturated heterocycles. The van der Waals surface area contributed by atoms with E-state index in [1.165, 1.54) is 5.69 Å². The van der Waals surface area contributed by atoms with Crippen LogP contribution < -0.4 is 5.09 Å². The molecule has 0 amide bonds. The summed E-state index contributed by atoms with van der Waals surface area (Å²) in [5.41, 5.74) is 2.65. The Labute approximate surface area is 103 Å². The van der Waals surface area contributed by atoms with Gasteiger partial charge in [-0.3, -0.25) is 0 Å². The molecule has 0 saturated carbocycles. The molecular weight excluding hydrogens is 269 g/mol. The Morgan fingerprint density at radius 2 is 1.47 bits per heavy atom. The first-order valence-corrected chi connectivity index (χ1v) is 7.58. The third-order valence-corrected chi connectivity index (χ3v) is 5.49. The van der Waals surface area contributed by atoms with Crippen LogP contribution in [-0.2, 0) is 0 Å². The van der Waals surface area contributed by atoms with E-state index in [0.29, 0.717) is 11.3 Å². The van der Waals surface area contributed by atoms with Gasteiger partial charge in [0.15, 0.2) is 0 Å². The lowest BCUT2D eigenvalue weighted by atomic mass is 10.3. The molecule has 0 aromatic heterocycles. The van der Waals surface area contributed by atoms with Crippen LogP contribution in [0.25, 0.3) is 0 Å². The average molecular weight is 288 g/mol. The van der Waals surface area contributed by atoms with Gasteiger partial charge in [-0.05, 0) is 43.7 Å². The first-order valence-electron chi connectivity index (χ1n) is 5.31. The molecule has 0 heterocycles. The molecule has 1 rings (SSSR count). The quantitative estimate of drug-likeness (QED) is 0.762. The Kier molecular flexibility index (Phi) is 5.08. The van der Waals surface area contributed by atoms with Gasteiger partial charge in [0, 0.05) is 10.2 Å². The molecule has 0 fully saturated rings. The van der Waals surface area contributed by atoms with E-state index >= 15 is 0 Å². The summed E-state index contributed by atoms with van der Waals surface area (Å²) in [5, 5.41) is 3.65. The highest BCUT2D eigenvalue weighted by Gasteiger charge is 2.16. The fourth-order valence-corrected chi connectivity index (χ4v) is 3.95. The smallest absolute Gasteiger partial charge is 0.0373 e. The summed E-state index contributed by atoms with van der Waals surface area (Å²) in [5.74, 6) is 0. The Hall–Kier alpha value is -0.0700. The zero-order chi connectivity index (χ0) is 11.4. The van der Waals surface area contributed by atoms with Crippen molar-refractivity contribution in [3.63, 3.8) is 0 Å². The Morgan fingerprint density at radius 1 is 1.00 bits per heavy atom. The molecular formula is C12H19BrNP. The van der Waals surface area contributed by atoms with Crippen molar-refractivity contribution < 1.29 is 0 Å². The maximum absolute atomic E-state index is 3.65. The normalized spacial score (nSPS) is 11.5. The molecule has 0 radical (unpaired) electrons. The molecule has 0 spiro atoms. The number of hydrogen-bond donors (Lipinski definition) is 1. The molecule has 0 aliphatic carbocycles. The van der Waals surface area contributed by atoms with Gasteiger partial charge in [-0.25, -0.2) is 0 Å². The number of hydrogen-bond acceptors (Lipinski definition) is 1. The summed E-state index contributed by atoms with van der Waals surface area (Å²) in [4.78, 5) is 0. The second-order valence-corrected chi connectivity index (χ2v) is 8.23. The van der Waals surface area contributed by atoms with E-state index < -0.39 is 0 Å². The summed E-state index contributed by atoms with van der Waals surface area (Å²) < 4.78 is 1.13. The third kappa shape index (κ3) is 4.12. The van der Waals surface area contributed by atoms with E-state index in [0.717, 1.165) is 4.47 Å². The van der Waals surface area contributed by atoms with Crippen LogP contribution in [0, 0.1) is 0 Å². The van der Waals surface area contributed by atoms with Gasteiger partial charge in [-0.15, -0.1) is 0 Å². The second kappa shape index (κ2) is 5.86. The monoisotopic (exact) mass is 287 g/mol. The minimum Gasteiger partial charge on any atom is -0.364 e. The third-order valence-electron chi connectivity index (χ3n) is 2.22. The van der Waals surface area contributed by atoms with Crippen molar-refractivity contribution in [3.05, 3.63) is 28.7 Å². The average Bonchev–Trinajstić information content (AvgIpc) is 2.15. The first-order chi connectivity index (χ1) is 7.00. The van der Waals surface area contributed by atoms with Gasteiger partial charge in [0.05, 0.1) is 0 Å². The SMILES string of the molecule is CC(C)P(Nc1ccc(Br)cc1)C(C)C. The molecule has 1 aromatic carbocycles. The summed E-state index contributed by atoms with van der Waals surface area (Å²) in [7, 11) is -0.130. The lowest BCUT2D eigenvalue weighted by Crippen LogP contribution is -2.10. The highest BCUT2D eigenvalue weighted by Crippen LogP contribution is 2.45. The first kappa shape index (κ1) is 13.0. The maximum Gasteiger partial charge on any atom is 0.0373 e. The standard InChI is InChI=1S/C12H19BrNP/c1-9(2)15(10(3)4)14-12-7-5-11(13)6-8-12/h5-10,14H,1-4H3. The summed E-state index contributed by atoms with van der Waals surface area (Å²) in [6, 6.07) is 8.42.